The van der Waals surface area contributed by atoms with Crippen molar-refractivity contribution in [3.8, 4) is 5.69 Å². The molecule has 3 rings (SSSR count). The van der Waals surface area contributed by atoms with Crippen molar-refractivity contribution >= 4 is 5.82 Å². The summed E-state index contributed by atoms with van der Waals surface area (Å²) in [4.78, 5) is 18.2. The van der Waals surface area contributed by atoms with Crippen molar-refractivity contribution in [3.05, 3.63) is 52.6 Å². The highest BCUT2D eigenvalue weighted by Crippen LogP contribution is 2.17. The summed E-state index contributed by atoms with van der Waals surface area (Å²) in [6.07, 6.45) is 6.69. The van der Waals surface area contributed by atoms with Gasteiger partial charge in [-0.25, -0.2) is 4.79 Å². The summed E-state index contributed by atoms with van der Waals surface area (Å²) < 4.78 is 1.51. The van der Waals surface area contributed by atoms with E-state index in [1.165, 1.54) is 42.5 Å². The van der Waals surface area contributed by atoms with E-state index in [0.29, 0.717) is 0 Å². The van der Waals surface area contributed by atoms with Gasteiger partial charge in [-0.1, -0.05) is 19.1 Å². The quantitative estimate of drug-likeness (QED) is 0.937. The number of rotatable bonds is 4. The summed E-state index contributed by atoms with van der Waals surface area (Å²) in [5.41, 5.74) is 7.30. The smallest absolute Gasteiger partial charge is 0.354 e. The van der Waals surface area contributed by atoms with Crippen LogP contribution >= 0.6 is 0 Å². The zero-order valence-corrected chi connectivity index (χ0v) is 14.3. The first kappa shape index (κ1) is 16.7. The lowest BCUT2D eigenvalue weighted by Crippen LogP contribution is -2.27. The second-order valence-corrected chi connectivity index (χ2v) is 6.80. The molecule has 2 heterocycles. The lowest BCUT2D eigenvalue weighted by atomic mass is 10.0. The molecule has 1 aromatic heterocycles. The molecule has 2 aromatic rings. The van der Waals surface area contributed by atoms with Crippen molar-refractivity contribution in [2.75, 3.05) is 25.4 Å². The van der Waals surface area contributed by atoms with E-state index in [1.807, 2.05) is 12.1 Å². The lowest BCUT2D eigenvalue weighted by molar-refractivity contribution is 0.285. The van der Waals surface area contributed by atoms with Gasteiger partial charge in [0.2, 0.25) is 0 Å². The van der Waals surface area contributed by atoms with Crippen LogP contribution in [-0.2, 0) is 6.42 Å². The lowest BCUT2D eigenvalue weighted by Gasteiger charge is -2.19. The van der Waals surface area contributed by atoms with E-state index < -0.39 is 0 Å². The van der Waals surface area contributed by atoms with Gasteiger partial charge in [-0.2, -0.15) is 4.98 Å². The van der Waals surface area contributed by atoms with Crippen LogP contribution in [0.2, 0.25) is 0 Å². The molecule has 1 fully saturated rings. The normalized spacial score (nSPS) is 19.1. The summed E-state index contributed by atoms with van der Waals surface area (Å²) >= 11 is 0. The Morgan fingerprint density at radius 2 is 1.96 bits per heavy atom. The molecule has 1 aliphatic rings. The van der Waals surface area contributed by atoms with Gasteiger partial charge in [0.25, 0.3) is 0 Å². The topological polar surface area (TPSA) is 64.2 Å². The summed E-state index contributed by atoms with van der Waals surface area (Å²) in [5.74, 6) is 1.11. The molecule has 5 heteroatoms. The third-order valence-corrected chi connectivity index (χ3v) is 4.87. The molecule has 5 nitrogen and oxygen atoms in total. The highest BCUT2D eigenvalue weighted by molar-refractivity contribution is 5.36. The van der Waals surface area contributed by atoms with Crippen LogP contribution in [0.25, 0.3) is 5.69 Å². The first-order valence-electron chi connectivity index (χ1n) is 8.78. The number of nitrogen functional groups attached to an aromatic ring is 1. The maximum absolute atomic E-state index is 11.9. The van der Waals surface area contributed by atoms with Crippen LogP contribution in [0.4, 0.5) is 5.82 Å². The fourth-order valence-electron chi connectivity index (χ4n) is 3.27. The molecule has 0 radical (unpaired) electrons. The van der Waals surface area contributed by atoms with E-state index in [-0.39, 0.29) is 11.5 Å². The number of benzene rings is 1. The zero-order valence-electron chi connectivity index (χ0n) is 14.3. The molecule has 128 valence electrons. The monoisotopic (exact) mass is 326 g/mol. The largest absolute Gasteiger partial charge is 0.383 e. The van der Waals surface area contributed by atoms with Gasteiger partial charge >= 0.3 is 5.69 Å². The number of nitrogens with zero attached hydrogens (tertiary/aromatic N) is 3. The number of likely N-dealkylation sites (tertiary alicyclic amines) is 1. The molecule has 0 spiro atoms. The van der Waals surface area contributed by atoms with Gasteiger partial charge in [0.1, 0.15) is 5.82 Å². The average Bonchev–Trinajstić information content (AvgIpc) is 2.78. The van der Waals surface area contributed by atoms with Crippen molar-refractivity contribution in [1.29, 1.82) is 0 Å². The number of aromatic nitrogens is 2. The summed E-state index contributed by atoms with van der Waals surface area (Å²) in [6.45, 7) is 5.90. The molecular formula is C19H26N4O. The first-order valence-corrected chi connectivity index (χ1v) is 8.78. The summed E-state index contributed by atoms with van der Waals surface area (Å²) in [7, 11) is 0. The van der Waals surface area contributed by atoms with E-state index >= 15 is 0 Å². The van der Waals surface area contributed by atoms with Crippen molar-refractivity contribution in [2.24, 2.45) is 5.92 Å². The first-order chi connectivity index (χ1) is 11.6. The average molecular weight is 326 g/mol. The Morgan fingerprint density at radius 3 is 2.71 bits per heavy atom. The molecule has 1 aliphatic heterocycles. The fraction of sp³-hybridized carbons (Fsp3) is 0.474. The maximum atomic E-state index is 11.9. The van der Waals surface area contributed by atoms with Crippen LogP contribution in [0.1, 0.15) is 31.7 Å². The van der Waals surface area contributed by atoms with E-state index in [0.717, 1.165) is 24.6 Å². The van der Waals surface area contributed by atoms with Crippen LogP contribution < -0.4 is 11.4 Å². The number of anilines is 1. The molecule has 0 bridgehead atoms. The third kappa shape index (κ3) is 4.23. The van der Waals surface area contributed by atoms with E-state index in [1.54, 1.807) is 12.3 Å². The summed E-state index contributed by atoms with van der Waals surface area (Å²) in [5, 5.41) is 0. The predicted octanol–water partition coefficient (Wildman–Crippen LogP) is 2.48. The van der Waals surface area contributed by atoms with Crippen LogP contribution in [0.3, 0.4) is 0 Å². The van der Waals surface area contributed by atoms with E-state index in [4.69, 9.17) is 5.73 Å². The zero-order chi connectivity index (χ0) is 16.9. The number of hydrogen-bond donors (Lipinski definition) is 1. The van der Waals surface area contributed by atoms with Gasteiger partial charge in [0.05, 0.1) is 5.69 Å². The van der Waals surface area contributed by atoms with Gasteiger partial charge < -0.3 is 10.6 Å². The van der Waals surface area contributed by atoms with Gasteiger partial charge in [-0.05, 0) is 68.5 Å². The van der Waals surface area contributed by atoms with Crippen molar-refractivity contribution in [3.63, 3.8) is 0 Å². The van der Waals surface area contributed by atoms with Gasteiger partial charge in [-0.15, -0.1) is 0 Å². The minimum absolute atomic E-state index is 0.250. The standard InChI is InChI=1S/C19H26N4O/c1-15-3-2-11-22(12-8-15)13-9-16-4-6-17(7-5-16)23-14-10-18(20)21-19(23)24/h4-7,10,14-15H,2-3,8-9,11-13H2,1H3,(H2,20,21,24). The third-order valence-electron chi connectivity index (χ3n) is 4.87. The molecule has 1 saturated heterocycles. The summed E-state index contributed by atoms with van der Waals surface area (Å²) in [6, 6.07) is 9.77. The Morgan fingerprint density at radius 1 is 1.17 bits per heavy atom. The second kappa shape index (κ2) is 7.62. The highest BCUT2D eigenvalue weighted by atomic mass is 16.1. The highest BCUT2D eigenvalue weighted by Gasteiger charge is 2.13. The Bertz CT molecular complexity index is 723. The van der Waals surface area contributed by atoms with Crippen molar-refractivity contribution in [1.82, 2.24) is 14.5 Å². The second-order valence-electron chi connectivity index (χ2n) is 6.80. The van der Waals surface area contributed by atoms with Gasteiger partial charge in [0, 0.05) is 12.7 Å². The van der Waals surface area contributed by atoms with Crippen LogP contribution in [0.15, 0.2) is 41.3 Å². The molecule has 1 aromatic carbocycles. The number of hydrogen-bond acceptors (Lipinski definition) is 4. The van der Waals surface area contributed by atoms with Crippen LogP contribution in [0, 0.1) is 5.92 Å². The molecule has 1 unspecified atom stereocenters. The molecule has 0 saturated carbocycles. The maximum Gasteiger partial charge on any atom is 0.354 e. The molecule has 0 amide bonds. The van der Waals surface area contributed by atoms with Crippen molar-refractivity contribution in [2.45, 2.75) is 32.6 Å². The Hall–Kier alpha value is -2.14. The Labute approximate surface area is 143 Å². The number of nitrogens with two attached hydrogens (primary N) is 1. The molecular weight excluding hydrogens is 300 g/mol. The molecule has 24 heavy (non-hydrogen) atoms. The van der Waals surface area contributed by atoms with E-state index in [9.17, 15) is 4.79 Å². The SMILES string of the molecule is CC1CCCN(CCc2ccc(-n3ccc(N)nc3=O)cc2)CC1. The predicted molar refractivity (Wildman–Crippen MR) is 97.4 cm³/mol. The molecule has 0 aliphatic carbocycles. The van der Waals surface area contributed by atoms with Crippen LogP contribution in [0.5, 0.6) is 0 Å². The minimum atomic E-state index is -0.346. The van der Waals surface area contributed by atoms with E-state index in [2.05, 4.69) is 28.9 Å². The van der Waals surface area contributed by atoms with Gasteiger partial charge in [0.15, 0.2) is 0 Å². The Kier molecular flexibility index (Phi) is 5.30. The molecule has 1 atom stereocenters. The fourth-order valence-corrected chi connectivity index (χ4v) is 3.27. The molecule has 2 N–H and O–H groups in total. The Balaban J connectivity index is 1.61. The van der Waals surface area contributed by atoms with Crippen LogP contribution in [-0.4, -0.2) is 34.1 Å². The van der Waals surface area contributed by atoms with Crippen molar-refractivity contribution < 1.29 is 0 Å². The minimum Gasteiger partial charge on any atom is -0.383 e. The van der Waals surface area contributed by atoms with Gasteiger partial charge in [-0.3, -0.25) is 4.57 Å².